The first-order chi connectivity index (χ1) is 23.0. The van der Waals surface area contributed by atoms with Crippen LogP contribution in [0.3, 0.4) is 0 Å². The zero-order valence-electron chi connectivity index (χ0n) is 26.9. The fourth-order valence-electron chi connectivity index (χ4n) is 5.40. The highest BCUT2D eigenvalue weighted by Gasteiger charge is 2.18. The van der Waals surface area contributed by atoms with Crippen LogP contribution in [0.4, 0.5) is 17.1 Å². The normalized spacial score (nSPS) is 15.9. The molecule has 0 amide bonds. The van der Waals surface area contributed by atoms with Crippen LogP contribution in [0.1, 0.15) is 28.6 Å². The Morgan fingerprint density at radius 3 is 2.21 bits per heavy atom. The molecule has 0 N–H and O–H groups in total. The first-order valence-electron chi connectivity index (χ1n) is 16.0. The lowest BCUT2D eigenvalue weighted by Crippen LogP contribution is -2.11. The van der Waals surface area contributed by atoms with Crippen LogP contribution in [0, 0.1) is 0 Å². The molecule has 0 fully saturated rings. The molecular weight excluding hydrogens is 532 g/mol. The molecule has 0 aliphatic heterocycles. The smallest absolute Gasteiger partial charge is 0.247 e. The second kappa shape index (κ2) is 10.6. The SMILES string of the molecule is [2H]C1=C(c2ccc3ccccc3c2)CC([2H])c2c([2H])c(N(c3ccc(-c4ncco4)cc3)c3ccc(-c4nnco4)cc3)cc([2H])c21. The third-order valence-corrected chi connectivity index (χ3v) is 7.55. The lowest BCUT2D eigenvalue weighted by atomic mass is 9.87. The number of nitrogens with zero attached hydrogens (tertiary/aromatic N) is 4. The van der Waals surface area contributed by atoms with E-state index in [1.54, 1.807) is 12.3 Å². The number of fused-ring (bicyclic) bond motifs is 2. The van der Waals surface area contributed by atoms with E-state index in [0.29, 0.717) is 34.2 Å². The van der Waals surface area contributed by atoms with E-state index < -0.39 is 6.40 Å². The Morgan fingerprint density at radius 2 is 1.49 bits per heavy atom. The maximum atomic E-state index is 9.45. The first-order valence-corrected chi connectivity index (χ1v) is 13.9. The van der Waals surface area contributed by atoms with E-state index >= 15 is 0 Å². The summed E-state index contributed by atoms with van der Waals surface area (Å²) in [7, 11) is 0. The van der Waals surface area contributed by atoms with Crippen LogP contribution in [0.2, 0.25) is 0 Å². The van der Waals surface area contributed by atoms with Gasteiger partial charge in [-0.25, -0.2) is 4.98 Å². The molecule has 206 valence electrons. The summed E-state index contributed by atoms with van der Waals surface area (Å²) in [6.07, 6.45) is 3.83. The molecule has 1 aliphatic carbocycles. The number of hydrogen-bond acceptors (Lipinski definition) is 6. The van der Waals surface area contributed by atoms with Gasteiger partial charge in [-0.3, -0.25) is 0 Å². The van der Waals surface area contributed by atoms with Gasteiger partial charge in [0.2, 0.25) is 18.2 Å². The number of hydrogen-bond donors (Lipinski definition) is 0. The van der Waals surface area contributed by atoms with Crippen LogP contribution in [0.25, 0.3) is 45.3 Å². The average Bonchev–Trinajstić information content (AvgIpc) is 3.84. The maximum Gasteiger partial charge on any atom is 0.247 e. The number of rotatable bonds is 6. The van der Waals surface area contributed by atoms with Crippen molar-refractivity contribution in [1.82, 2.24) is 15.2 Å². The van der Waals surface area contributed by atoms with E-state index in [9.17, 15) is 5.48 Å². The summed E-state index contributed by atoms with van der Waals surface area (Å²) in [6, 6.07) is 31.2. The molecule has 6 nitrogen and oxygen atoms in total. The lowest BCUT2D eigenvalue weighted by molar-refractivity contribution is 0.568. The van der Waals surface area contributed by atoms with Gasteiger partial charge in [-0.05, 0) is 113 Å². The first kappa shape index (κ1) is 21.0. The summed E-state index contributed by atoms with van der Waals surface area (Å²) in [6.45, 7) is 0. The van der Waals surface area contributed by atoms with Gasteiger partial charge in [-0.2, -0.15) is 0 Å². The van der Waals surface area contributed by atoms with Gasteiger partial charge in [0.25, 0.3) is 0 Å². The summed E-state index contributed by atoms with van der Waals surface area (Å²) >= 11 is 0. The zero-order valence-corrected chi connectivity index (χ0v) is 22.9. The van der Waals surface area contributed by atoms with Crippen molar-refractivity contribution < 1.29 is 14.3 Å². The molecule has 2 aromatic heterocycles. The topological polar surface area (TPSA) is 68.2 Å². The number of anilines is 3. The molecular formula is C37H26N4O2. The van der Waals surface area contributed by atoms with Gasteiger partial charge in [0.1, 0.15) is 6.26 Å². The van der Waals surface area contributed by atoms with Gasteiger partial charge in [-0.1, -0.05) is 48.5 Å². The molecule has 0 bridgehead atoms. The minimum absolute atomic E-state index is 0.0927. The molecule has 2 heterocycles. The second-order valence-electron chi connectivity index (χ2n) is 10.2. The monoisotopic (exact) mass is 562 g/mol. The Labute approximate surface area is 254 Å². The number of aromatic nitrogens is 3. The lowest BCUT2D eigenvalue weighted by Gasteiger charge is -2.27. The fraction of sp³-hybridized carbons (Fsp3) is 0.0541. The molecule has 0 saturated carbocycles. The largest absolute Gasteiger partial charge is 0.445 e. The van der Waals surface area contributed by atoms with E-state index in [-0.39, 0.29) is 24.6 Å². The van der Waals surface area contributed by atoms with Crippen molar-refractivity contribution in [2.75, 3.05) is 4.90 Å². The molecule has 1 unspecified atom stereocenters. The molecule has 6 heteroatoms. The second-order valence-corrected chi connectivity index (χ2v) is 10.2. The molecule has 5 aromatic carbocycles. The zero-order chi connectivity index (χ0) is 32.1. The van der Waals surface area contributed by atoms with Crippen LogP contribution in [0.5, 0.6) is 0 Å². The summed E-state index contributed by atoms with van der Waals surface area (Å²) in [4.78, 5) is 6.13. The van der Waals surface area contributed by atoms with Crippen LogP contribution in [0.15, 0.2) is 137 Å². The summed E-state index contributed by atoms with van der Waals surface area (Å²) in [5.41, 5.74) is 5.70. The predicted molar refractivity (Wildman–Crippen MR) is 170 cm³/mol. The van der Waals surface area contributed by atoms with Gasteiger partial charge in [0.15, 0.2) is 0 Å². The Bertz CT molecular complexity index is 2190. The van der Waals surface area contributed by atoms with Crippen LogP contribution in [-0.2, 0) is 6.40 Å². The summed E-state index contributed by atoms with van der Waals surface area (Å²) in [5.74, 6) is 0.875. The molecule has 43 heavy (non-hydrogen) atoms. The highest BCUT2D eigenvalue weighted by atomic mass is 16.4. The maximum absolute atomic E-state index is 9.45. The fourth-order valence-corrected chi connectivity index (χ4v) is 5.40. The average molecular weight is 563 g/mol. The molecule has 0 spiro atoms. The number of benzene rings is 5. The van der Waals surface area contributed by atoms with E-state index in [4.69, 9.17) is 8.83 Å². The van der Waals surface area contributed by atoms with E-state index in [0.717, 1.165) is 38.8 Å². The van der Waals surface area contributed by atoms with Crippen molar-refractivity contribution >= 4 is 39.5 Å². The van der Waals surface area contributed by atoms with Crippen molar-refractivity contribution in [2.24, 2.45) is 0 Å². The highest BCUT2D eigenvalue weighted by molar-refractivity contribution is 5.91. The third kappa shape index (κ3) is 4.79. The minimum atomic E-state index is -0.828. The molecule has 8 rings (SSSR count). The molecule has 0 radical (unpaired) electrons. The summed E-state index contributed by atoms with van der Waals surface area (Å²) in [5, 5.41) is 9.92. The Hall–Kier alpha value is -5.75. The molecule has 1 aliphatic rings. The van der Waals surface area contributed by atoms with Gasteiger partial charge in [0.05, 0.1) is 10.3 Å². The third-order valence-electron chi connectivity index (χ3n) is 7.55. The number of allylic oxidation sites excluding steroid dienone is 1. The Kier molecular flexibility index (Phi) is 5.17. The van der Waals surface area contributed by atoms with Gasteiger partial charge < -0.3 is 13.7 Å². The Balaban J connectivity index is 1.26. The predicted octanol–water partition coefficient (Wildman–Crippen LogP) is 9.50. The molecule has 0 saturated heterocycles. The Morgan fingerprint density at radius 1 is 0.744 bits per heavy atom. The van der Waals surface area contributed by atoms with Crippen LogP contribution in [-0.4, -0.2) is 15.2 Å². The minimum Gasteiger partial charge on any atom is -0.445 e. The van der Waals surface area contributed by atoms with Crippen molar-refractivity contribution in [3.8, 4) is 22.9 Å². The van der Waals surface area contributed by atoms with Gasteiger partial charge in [-0.15, -0.1) is 10.2 Å². The van der Waals surface area contributed by atoms with Gasteiger partial charge in [0, 0.05) is 29.6 Å². The van der Waals surface area contributed by atoms with Crippen molar-refractivity contribution in [3.63, 3.8) is 0 Å². The number of oxazole rings is 1. The van der Waals surface area contributed by atoms with E-state index in [2.05, 4.69) is 15.2 Å². The van der Waals surface area contributed by atoms with E-state index in [1.165, 1.54) is 12.7 Å². The van der Waals surface area contributed by atoms with Crippen molar-refractivity contribution in [3.05, 3.63) is 145 Å². The van der Waals surface area contributed by atoms with Gasteiger partial charge >= 0.3 is 0 Å². The highest BCUT2D eigenvalue weighted by Crippen LogP contribution is 2.39. The molecule has 1 atom stereocenters. The molecule has 7 aromatic rings. The van der Waals surface area contributed by atoms with Crippen molar-refractivity contribution in [2.45, 2.75) is 12.8 Å². The quantitative estimate of drug-likeness (QED) is 0.201. The van der Waals surface area contributed by atoms with E-state index in [1.807, 2.05) is 95.9 Å². The van der Waals surface area contributed by atoms with Crippen LogP contribution < -0.4 is 4.90 Å². The van der Waals surface area contributed by atoms with Crippen LogP contribution >= 0.6 is 0 Å². The van der Waals surface area contributed by atoms with Crippen molar-refractivity contribution in [1.29, 1.82) is 0 Å². The standard InChI is InChI=1S/C37H26N4O2/c1-2-4-28-21-29(6-5-25(28)3-1)30-7-8-32-23-35(18-13-31(32)22-30)41(33-14-9-26(10-15-33)36-38-19-20-42-36)34-16-11-27(12-17-34)37-40-39-24-43-37/h1-6,9-24H,7-8H2/i8D,13D,22D,23D. The summed E-state index contributed by atoms with van der Waals surface area (Å²) < 4.78 is 47.9.